The quantitative estimate of drug-likeness (QED) is 0.794. The summed E-state index contributed by atoms with van der Waals surface area (Å²) in [6.07, 6.45) is 8.56. The SMILES string of the molecule is CC(C)CC1CCCC(NCC(C)S(C)=O)C1. The first kappa shape index (κ1) is 15.2. The van der Waals surface area contributed by atoms with E-state index in [-0.39, 0.29) is 5.25 Å². The van der Waals surface area contributed by atoms with Crippen molar-refractivity contribution in [2.75, 3.05) is 12.8 Å². The predicted octanol–water partition coefficient (Wildman–Crippen LogP) is 2.95. The molecule has 0 aromatic rings. The molecule has 1 aliphatic carbocycles. The van der Waals surface area contributed by atoms with E-state index in [0.717, 1.165) is 18.4 Å². The molecule has 1 N–H and O–H groups in total. The van der Waals surface area contributed by atoms with Gasteiger partial charge >= 0.3 is 0 Å². The van der Waals surface area contributed by atoms with Crippen LogP contribution in [0.2, 0.25) is 0 Å². The van der Waals surface area contributed by atoms with Gasteiger partial charge in [0.1, 0.15) is 0 Å². The third-order valence-corrected chi connectivity index (χ3v) is 5.15. The largest absolute Gasteiger partial charge is 0.313 e. The van der Waals surface area contributed by atoms with E-state index in [2.05, 4.69) is 26.1 Å². The Balaban J connectivity index is 2.27. The standard InChI is InChI=1S/C14H29NOS/c1-11(2)8-13-6-5-7-14(9-13)15-10-12(3)17(4)16/h11-15H,5-10H2,1-4H3. The lowest BCUT2D eigenvalue weighted by Gasteiger charge is -2.31. The number of nitrogens with one attached hydrogen (secondary N) is 1. The monoisotopic (exact) mass is 259 g/mol. The van der Waals surface area contributed by atoms with Crippen LogP contribution >= 0.6 is 0 Å². The summed E-state index contributed by atoms with van der Waals surface area (Å²) in [4.78, 5) is 0. The second-order valence-corrected chi connectivity index (χ2v) is 7.88. The van der Waals surface area contributed by atoms with Gasteiger partial charge in [-0.05, 0) is 38.0 Å². The molecule has 4 unspecified atom stereocenters. The first-order valence-corrected chi connectivity index (χ1v) is 8.66. The Morgan fingerprint density at radius 2 is 2.00 bits per heavy atom. The minimum Gasteiger partial charge on any atom is -0.313 e. The maximum Gasteiger partial charge on any atom is 0.0441 e. The normalized spacial score (nSPS) is 29.2. The third kappa shape index (κ3) is 6.01. The zero-order valence-corrected chi connectivity index (χ0v) is 12.7. The van der Waals surface area contributed by atoms with Gasteiger partial charge in [0.05, 0.1) is 0 Å². The van der Waals surface area contributed by atoms with Crippen molar-refractivity contribution in [3.63, 3.8) is 0 Å². The molecular weight excluding hydrogens is 230 g/mol. The minimum atomic E-state index is -0.695. The molecule has 0 aromatic heterocycles. The van der Waals surface area contributed by atoms with Gasteiger partial charge in [0.15, 0.2) is 0 Å². The summed E-state index contributed by atoms with van der Waals surface area (Å²) in [6.45, 7) is 7.61. The highest BCUT2D eigenvalue weighted by molar-refractivity contribution is 7.84. The first-order valence-electron chi connectivity index (χ1n) is 7.04. The van der Waals surface area contributed by atoms with E-state index in [1.807, 2.05) is 0 Å². The van der Waals surface area contributed by atoms with Crippen LogP contribution in [0, 0.1) is 11.8 Å². The number of rotatable bonds is 6. The smallest absolute Gasteiger partial charge is 0.0441 e. The van der Waals surface area contributed by atoms with Gasteiger partial charge in [-0.1, -0.05) is 26.7 Å². The van der Waals surface area contributed by atoms with E-state index < -0.39 is 10.8 Å². The molecule has 1 saturated carbocycles. The van der Waals surface area contributed by atoms with E-state index >= 15 is 0 Å². The van der Waals surface area contributed by atoms with E-state index in [4.69, 9.17) is 0 Å². The Labute approximate surface area is 109 Å². The fraction of sp³-hybridized carbons (Fsp3) is 1.00. The summed E-state index contributed by atoms with van der Waals surface area (Å²) in [6, 6.07) is 0.665. The molecule has 3 heteroatoms. The zero-order valence-electron chi connectivity index (χ0n) is 11.9. The highest BCUT2D eigenvalue weighted by Crippen LogP contribution is 2.29. The molecule has 1 aliphatic rings. The lowest BCUT2D eigenvalue weighted by molar-refractivity contribution is 0.253. The van der Waals surface area contributed by atoms with Crippen molar-refractivity contribution in [3.8, 4) is 0 Å². The maximum absolute atomic E-state index is 11.3. The molecule has 0 aromatic carbocycles. The summed E-state index contributed by atoms with van der Waals surface area (Å²) in [7, 11) is -0.695. The zero-order chi connectivity index (χ0) is 12.8. The molecule has 4 atom stereocenters. The average Bonchev–Trinajstić information content (AvgIpc) is 2.25. The van der Waals surface area contributed by atoms with Crippen molar-refractivity contribution in [2.45, 2.75) is 64.2 Å². The van der Waals surface area contributed by atoms with Gasteiger partial charge in [0, 0.05) is 34.9 Å². The molecule has 17 heavy (non-hydrogen) atoms. The van der Waals surface area contributed by atoms with Crippen LogP contribution in [0.3, 0.4) is 0 Å². The molecule has 0 heterocycles. The van der Waals surface area contributed by atoms with Crippen molar-refractivity contribution in [3.05, 3.63) is 0 Å². The van der Waals surface area contributed by atoms with Gasteiger partial charge < -0.3 is 5.32 Å². The van der Waals surface area contributed by atoms with E-state index in [1.165, 1.54) is 32.1 Å². The van der Waals surface area contributed by atoms with Crippen molar-refractivity contribution < 1.29 is 4.21 Å². The highest BCUT2D eigenvalue weighted by Gasteiger charge is 2.22. The summed E-state index contributed by atoms with van der Waals surface area (Å²) in [5.41, 5.74) is 0. The Bertz CT molecular complexity index is 242. The molecule has 1 rings (SSSR count). The number of hydrogen-bond donors (Lipinski definition) is 1. The van der Waals surface area contributed by atoms with Gasteiger partial charge in [-0.2, -0.15) is 0 Å². The van der Waals surface area contributed by atoms with Crippen LogP contribution in [0.4, 0.5) is 0 Å². The third-order valence-electron chi connectivity index (χ3n) is 3.85. The average molecular weight is 259 g/mol. The molecule has 0 radical (unpaired) electrons. The van der Waals surface area contributed by atoms with Crippen LogP contribution in [-0.4, -0.2) is 28.3 Å². The lowest BCUT2D eigenvalue weighted by atomic mass is 9.81. The van der Waals surface area contributed by atoms with Crippen molar-refractivity contribution in [1.82, 2.24) is 5.32 Å². The van der Waals surface area contributed by atoms with Crippen LogP contribution in [0.25, 0.3) is 0 Å². The summed E-state index contributed by atoms with van der Waals surface area (Å²) >= 11 is 0. The molecule has 1 fully saturated rings. The Hall–Kier alpha value is 0.110. The molecular formula is C14H29NOS. The summed E-state index contributed by atoms with van der Waals surface area (Å²) in [5.74, 6) is 1.73. The second kappa shape index (κ2) is 7.52. The van der Waals surface area contributed by atoms with E-state index in [9.17, 15) is 4.21 Å². The Morgan fingerprint density at radius 1 is 1.29 bits per heavy atom. The predicted molar refractivity (Wildman–Crippen MR) is 76.7 cm³/mol. The fourth-order valence-electron chi connectivity index (χ4n) is 2.81. The van der Waals surface area contributed by atoms with Gasteiger partial charge in [0.25, 0.3) is 0 Å². The van der Waals surface area contributed by atoms with Crippen LogP contribution in [0.1, 0.15) is 52.9 Å². The fourth-order valence-corrected chi connectivity index (χ4v) is 3.14. The molecule has 102 valence electrons. The van der Waals surface area contributed by atoms with E-state index in [0.29, 0.717) is 6.04 Å². The Morgan fingerprint density at radius 3 is 2.59 bits per heavy atom. The Kier molecular flexibility index (Phi) is 6.71. The summed E-state index contributed by atoms with van der Waals surface area (Å²) in [5, 5.41) is 3.89. The molecule has 0 bridgehead atoms. The van der Waals surface area contributed by atoms with Gasteiger partial charge in [-0.3, -0.25) is 4.21 Å². The van der Waals surface area contributed by atoms with Crippen molar-refractivity contribution in [2.24, 2.45) is 11.8 Å². The molecule has 0 amide bonds. The van der Waals surface area contributed by atoms with Crippen molar-refractivity contribution >= 4 is 10.8 Å². The molecule has 0 spiro atoms. The summed E-state index contributed by atoms with van der Waals surface area (Å²) < 4.78 is 11.3. The molecule has 2 nitrogen and oxygen atoms in total. The van der Waals surface area contributed by atoms with Gasteiger partial charge in [0.2, 0.25) is 0 Å². The van der Waals surface area contributed by atoms with Crippen LogP contribution in [0.15, 0.2) is 0 Å². The van der Waals surface area contributed by atoms with E-state index in [1.54, 1.807) is 6.26 Å². The van der Waals surface area contributed by atoms with Crippen LogP contribution in [-0.2, 0) is 10.8 Å². The first-order chi connectivity index (χ1) is 7.99. The van der Waals surface area contributed by atoms with Crippen LogP contribution < -0.4 is 5.32 Å². The van der Waals surface area contributed by atoms with Gasteiger partial charge in [-0.25, -0.2) is 0 Å². The second-order valence-electron chi connectivity index (χ2n) is 6.08. The minimum absolute atomic E-state index is 0.278. The molecule has 0 saturated heterocycles. The highest BCUT2D eigenvalue weighted by atomic mass is 32.2. The number of hydrogen-bond acceptors (Lipinski definition) is 2. The van der Waals surface area contributed by atoms with Crippen LogP contribution in [0.5, 0.6) is 0 Å². The lowest BCUT2D eigenvalue weighted by Crippen LogP contribution is -2.39. The van der Waals surface area contributed by atoms with Crippen molar-refractivity contribution in [1.29, 1.82) is 0 Å². The topological polar surface area (TPSA) is 29.1 Å². The maximum atomic E-state index is 11.3. The van der Waals surface area contributed by atoms with Gasteiger partial charge in [-0.15, -0.1) is 0 Å². The molecule has 0 aliphatic heterocycles.